The van der Waals surface area contributed by atoms with Gasteiger partial charge in [0.15, 0.2) is 5.43 Å². The summed E-state index contributed by atoms with van der Waals surface area (Å²) in [4.78, 5) is 32.3. The summed E-state index contributed by atoms with van der Waals surface area (Å²) in [7, 11) is 0. The molecular weight excluding hydrogens is 356 g/mol. The number of phenolic OH excluding ortho intramolecular Hbond substituents is 1. The Balaban J connectivity index is 1.83. The van der Waals surface area contributed by atoms with E-state index in [0.717, 1.165) is 0 Å². The highest BCUT2D eigenvalue weighted by molar-refractivity contribution is 6.10. The third-order valence-corrected chi connectivity index (χ3v) is 4.88. The van der Waals surface area contributed by atoms with E-state index in [1.165, 1.54) is 17.0 Å². The molecule has 1 N–H and O–H groups in total. The number of hydrogen-bond donors (Lipinski definition) is 1. The van der Waals surface area contributed by atoms with E-state index in [2.05, 4.69) is 4.98 Å². The molecule has 0 unspecified atom stereocenters. The third-order valence-electron chi connectivity index (χ3n) is 4.88. The number of para-hydroxylation sites is 1. The first-order chi connectivity index (χ1) is 13.6. The minimum atomic E-state index is -0.696. The Labute approximate surface area is 159 Å². The summed E-state index contributed by atoms with van der Waals surface area (Å²) in [5.74, 6) is 0.116. The zero-order chi connectivity index (χ0) is 19.3. The summed E-state index contributed by atoms with van der Waals surface area (Å²) in [6.45, 7) is 0. The van der Waals surface area contributed by atoms with Crippen molar-refractivity contribution >= 4 is 22.7 Å². The Hall–Kier alpha value is -3.93. The van der Waals surface area contributed by atoms with E-state index in [1.807, 2.05) is 0 Å². The number of aromatic hydroxyl groups is 1. The molecule has 1 aliphatic heterocycles. The maximum Gasteiger partial charge on any atom is 0.296 e. The van der Waals surface area contributed by atoms with Crippen LogP contribution in [-0.2, 0) is 0 Å². The standard InChI is InChI=1S/C22H14N2O4/c25-14-10-8-13(9-11-14)19-18-20(26)15-5-1-2-6-16(15)28-21(18)22(27)24(19)17-7-3-4-12-23-17/h1-12,19,25H/t19-/m1/s1. The number of fused-ring (bicyclic) bond motifs is 2. The Morgan fingerprint density at radius 3 is 2.43 bits per heavy atom. The van der Waals surface area contributed by atoms with Crippen molar-refractivity contribution in [2.45, 2.75) is 6.04 Å². The highest BCUT2D eigenvalue weighted by Gasteiger charge is 2.44. The Kier molecular flexibility index (Phi) is 3.52. The maximum atomic E-state index is 13.3. The number of carbonyl (C=O) groups is 1. The van der Waals surface area contributed by atoms with Gasteiger partial charge in [0.05, 0.1) is 17.0 Å². The van der Waals surface area contributed by atoms with Crippen LogP contribution in [0.3, 0.4) is 0 Å². The van der Waals surface area contributed by atoms with Crippen molar-refractivity contribution < 1.29 is 14.3 Å². The SMILES string of the molecule is O=C1c2oc3ccccc3c(=O)c2[C@@H](c2ccc(O)cc2)N1c1ccccn1. The van der Waals surface area contributed by atoms with Crippen LogP contribution in [0.5, 0.6) is 5.75 Å². The van der Waals surface area contributed by atoms with Gasteiger partial charge in [0, 0.05) is 6.20 Å². The molecule has 0 saturated carbocycles. The van der Waals surface area contributed by atoms with Gasteiger partial charge in [0.1, 0.15) is 17.2 Å². The largest absolute Gasteiger partial charge is 0.508 e. The molecule has 1 aliphatic rings. The lowest BCUT2D eigenvalue weighted by Crippen LogP contribution is -2.30. The molecule has 0 spiro atoms. The first-order valence-corrected chi connectivity index (χ1v) is 8.74. The van der Waals surface area contributed by atoms with Crippen LogP contribution in [-0.4, -0.2) is 16.0 Å². The van der Waals surface area contributed by atoms with Crippen LogP contribution in [0, 0.1) is 0 Å². The highest BCUT2D eigenvalue weighted by atomic mass is 16.3. The van der Waals surface area contributed by atoms with Crippen LogP contribution >= 0.6 is 0 Å². The van der Waals surface area contributed by atoms with Crippen LogP contribution in [0.4, 0.5) is 5.82 Å². The molecule has 2 aromatic heterocycles. The van der Waals surface area contributed by atoms with E-state index < -0.39 is 11.9 Å². The second-order valence-electron chi connectivity index (χ2n) is 6.53. The molecule has 0 radical (unpaired) electrons. The van der Waals surface area contributed by atoms with Gasteiger partial charge in [0.2, 0.25) is 5.76 Å². The van der Waals surface area contributed by atoms with Crippen molar-refractivity contribution in [3.05, 3.63) is 100 Å². The molecule has 6 heteroatoms. The number of hydrogen-bond acceptors (Lipinski definition) is 5. The molecule has 6 nitrogen and oxygen atoms in total. The number of anilines is 1. The number of pyridine rings is 1. The fourth-order valence-electron chi connectivity index (χ4n) is 3.62. The number of amides is 1. The highest BCUT2D eigenvalue weighted by Crippen LogP contribution is 2.40. The van der Waals surface area contributed by atoms with Gasteiger partial charge < -0.3 is 9.52 Å². The molecule has 2 aromatic carbocycles. The van der Waals surface area contributed by atoms with Crippen LogP contribution in [0.1, 0.15) is 27.7 Å². The van der Waals surface area contributed by atoms with E-state index in [4.69, 9.17) is 4.42 Å². The average molecular weight is 370 g/mol. The Morgan fingerprint density at radius 1 is 0.929 bits per heavy atom. The fraction of sp³-hybridized carbons (Fsp3) is 0.0455. The zero-order valence-corrected chi connectivity index (χ0v) is 14.6. The summed E-state index contributed by atoms with van der Waals surface area (Å²) in [6, 6.07) is 17.8. The van der Waals surface area contributed by atoms with E-state index >= 15 is 0 Å². The Bertz CT molecular complexity index is 1260. The first kappa shape index (κ1) is 16.3. The number of aromatic nitrogens is 1. The summed E-state index contributed by atoms with van der Waals surface area (Å²) < 4.78 is 5.86. The smallest absolute Gasteiger partial charge is 0.296 e. The van der Waals surface area contributed by atoms with Gasteiger partial charge in [-0.2, -0.15) is 0 Å². The predicted molar refractivity (Wildman–Crippen MR) is 103 cm³/mol. The monoisotopic (exact) mass is 370 g/mol. The normalized spacial score (nSPS) is 15.8. The third kappa shape index (κ3) is 2.31. The molecule has 0 saturated heterocycles. The van der Waals surface area contributed by atoms with Gasteiger partial charge in [-0.1, -0.05) is 30.3 Å². The fourth-order valence-corrected chi connectivity index (χ4v) is 3.62. The molecule has 4 aromatic rings. The molecule has 1 amide bonds. The number of nitrogens with zero attached hydrogens (tertiary/aromatic N) is 2. The summed E-state index contributed by atoms with van der Waals surface area (Å²) in [5, 5.41) is 10.1. The van der Waals surface area contributed by atoms with Gasteiger partial charge >= 0.3 is 0 Å². The molecule has 5 rings (SSSR count). The lowest BCUT2D eigenvalue weighted by Gasteiger charge is -2.24. The minimum Gasteiger partial charge on any atom is -0.508 e. The Morgan fingerprint density at radius 2 is 1.68 bits per heavy atom. The van der Waals surface area contributed by atoms with Crippen LogP contribution < -0.4 is 10.3 Å². The van der Waals surface area contributed by atoms with Gasteiger partial charge in [-0.3, -0.25) is 14.5 Å². The van der Waals surface area contributed by atoms with Crippen molar-refractivity contribution in [3.63, 3.8) is 0 Å². The number of phenols is 1. The predicted octanol–water partition coefficient (Wildman–Crippen LogP) is 3.64. The minimum absolute atomic E-state index is 0.0208. The molecule has 3 heterocycles. The number of carbonyl (C=O) groups excluding carboxylic acids is 1. The molecule has 0 fully saturated rings. The van der Waals surface area contributed by atoms with Gasteiger partial charge in [0.25, 0.3) is 5.91 Å². The van der Waals surface area contributed by atoms with Crippen LogP contribution in [0.2, 0.25) is 0 Å². The second-order valence-corrected chi connectivity index (χ2v) is 6.53. The quantitative estimate of drug-likeness (QED) is 0.582. The zero-order valence-electron chi connectivity index (χ0n) is 14.6. The number of benzene rings is 2. The van der Waals surface area contributed by atoms with Crippen molar-refractivity contribution in [2.75, 3.05) is 4.90 Å². The van der Waals surface area contributed by atoms with Gasteiger partial charge in [-0.15, -0.1) is 0 Å². The van der Waals surface area contributed by atoms with Crippen molar-refractivity contribution in [2.24, 2.45) is 0 Å². The van der Waals surface area contributed by atoms with E-state index in [-0.39, 0.29) is 22.5 Å². The molecule has 0 bridgehead atoms. The van der Waals surface area contributed by atoms with Crippen molar-refractivity contribution in [1.29, 1.82) is 0 Å². The van der Waals surface area contributed by atoms with Crippen LogP contribution in [0.15, 0.2) is 82.1 Å². The lowest BCUT2D eigenvalue weighted by atomic mass is 9.98. The average Bonchev–Trinajstić information content (AvgIpc) is 3.02. The van der Waals surface area contributed by atoms with Gasteiger partial charge in [-0.25, -0.2) is 4.98 Å². The summed E-state index contributed by atoms with van der Waals surface area (Å²) in [6.07, 6.45) is 1.59. The first-order valence-electron chi connectivity index (χ1n) is 8.74. The molecule has 0 aliphatic carbocycles. The summed E-state index contributed by atoms with van der Waals surface area (Å²) >= 11 is 0. The van der Waals surface area contributed by atoms with Crippen LogP contribution in [0.25, 0.3) is 11.0 Å². The van der Waals surface area contributed by atoms with E-state index in [1.54, 1.807) is 60.8 Å². The van der Waals surface area contributed by atoms with Gasteiger partial charge in [-0.05, 0) is 42.0 Å². The molecular formula is C22H14N2O4. The maximum absolute atomic E-state index is 13.3. The summed E-state index contributed by atoms with van der Waals surface area (Å²) in [5.41, 5.74) is 1.08. The van der Waals surface area contributed by atoms with E-state index in [0.29, 0.717) is 22.4 Å². The lowest BCUT2D eigenvalue weighted by molar-refractivity contribution is 0.0970. The van der Waals surface area contributed by atoms with E-state index in [9.17, 15) is 14.7 Å². The molecule has 28 heavy (non-hydrogen) atoms. The molecule has 136 valence electrons. The topological polar surface area (TPSA) is 83.6 Å². The van der Waals surface area contributed by atoms with Crippen molar-refractivity contribution in [1.82, 2.24) is 4.98 Å². The van der Waals surface area contributed by atoms with Crippen molar-refractivity contribution in [3.8, 4) is 5.75 Å². The molecule has 1 atom stereocenters. The number of rotatable bonds is 2. The second kappa shape index (κ2) is 6.06.